The largest absolute Gasteiger partial charge is 0.483 e. The highest BCUT2D eigenvalue weighted by Gasteiger charge is 2.42. The summed E-state index contributed by atoms with van der Waals surface area (Å²) >= 11 is 0. The van der Waals surface area contributed by atoms with Crippen molar-refractivity contribution in [2.24, 2.45) is 18.1 Å². The van der Waals surface area contributed by atoms with Crippen LogP contribution >= 0.6 is 0 Å². The van der Waals surface area contributed by atoms with Crippen molar-refractivity contribution in [1.29, 1.82) is 0 Å². The molecule has 7 heteroatoms. The standard InChI is InChI=1S/C27H39N5O2/c1-18(2)22-6-5-7-23(16-22)33-19(3)25-29-30-26(32(25)4)21-10-8-20(9-11-21)24-17-27(34-31-24)12-14-28-15-13-27/h5-7,16,18-21,28H,8-15,17H2,1-4H3/t19?,20-,21-. The van der Waals surface area contributed by atoms with Gasteiger partial charge in [0.05, 0.1) is 5.71 Å². The van der Waals surface area contributed by atoms with Gasteiger partial charge in [0.1, 0.15) is 17.2 Å². The molecule has 2 fully saturated rings. The lowest BCUT2D eigenvalue weighted by Crippen LogP contribution is -2.42. The van der Waals surface area contributed by atoms with Gasteiger partial charge in [-0.3, -0.25) is 0 Å². The topological polar surface area (TPSA) is 73.6 Å². The third kappa shape index (κ3) is 4.72. The molecule has 0 bridgehead atoms. The first kappa shape index (κ1) is 23.3. The van der Waals surface area contributed by atoms with E-state index in [0.29, 0.717) is 17.8 Å². The first-order valence-electron chi connectivity index (χ1n) is 13.1. The lowest BCUT2D eigenvalue weighted by Gasteiger charge is -2.32. The summed E-state index contributed by atoms with van der Waals surface area (Å²) in [4.78, 5) is 5.98. The van der Waals surface area contributed by atoms with E-state index in [2.05, 4.69) is 71.3 Å². The van der Waals surface area contributed by atoms with E-state index in [1.807, 2.05) is 6.07 Å². The predicted octanol–water partition coefficient (Wildman–Crippen LogP) is 5.25. The van der Waals surface area contributed by atoms with E-state index in [1.165, 1.54) is 11.3 Å². The van der Waals surface area contributed by atoms with Crippen LogP contribution in [-0.4, -0.2) is 39.2 Å². The van der Waals surface area contributed by atoms with E-state index in [0.717, 1.165) is 75.4 Å². The van der Waals surface area contributed by atoms with Crippen LogP contribution in [0.1, 0.15) is 101 Å². The SMILES string of the molecule is CC(C)c1cccc(OC(C)c2nnc([C@H]3CC[C@H](C4=NOC5(CCNCC5)C4)CC3)n2C)c1. The van der Waals surface area contributed by atoms with Gasteiger partial charge in [-0.2, -0.15) is 0 Å². The van der Waals surface area contributed by atoms with Crippen LogP contribution in [0.5, 0.6) is 5.75 Å². The van der Waals surface area contributed by atoms with E-state index in [9.17, 15) is 0 Å². The minimum Gasteiger partial charge on any atom is -0.483 e. The van der Waals surface area contributed by atoms with E-state index in [-0.39, 0.29) is 11.7 Å². The molecule has 1 spiro atoms. The maximum Gasteiger partial charge on any atom is 0.173 e. The number of oxime groups is 1. The summed E-state index contributed by atoms with van der Waals surface area (Å²) in [6.45, 7) is 8.53. The van der Waals surface area contributed by atoms with Crippen molar-refractivity contribution in [2.45, 2.75) is 89.3 Å². The van der Waals surface area contributed by atoms with Crippen LogP contribution in [0, 0.1) is 5.92 Å². The lowest BCUT2D eigenvalue weighted by molar-refractivity contribution is -0.0400. The molecule has 2 aromatic rings. The van der Waals surface area contributed by atoms with Crippen LogP contribution in [-0.2, 0) is 11.9 Å². The smallest absolute Gasteiger partial charge is 0.173 e. The Morgan fingerprint density at radius 1 is 1.06 bits per heavy atom. The summed E-state index contributed by atoms with van der Waals surface area (Å²) in [5.41, 5.74) is 2.55. The van der Waals surface area contributed by atoms with Crippen molar-refractivity contribution in [2.75, 3.05) is 13.1 Å². The van der Waals surface area contributed by atoms with Crippen LogP contribution < -0.4 is 10.1 Å². The summed E-state index contributed by atoms with van der Waals surface area (Å²) in [6, 6.07) is 8.35. The number of rotatable bonds is 6. The second kappa shape index (κ2) is 9.68. The fraction of sp³-hybridized carbons (Fsp3) is 0.667. The minimum atomic E-state index is -0.156. The molecule has 184 valence electrons. The first-order valence-corrected chi connectivity index (χ1v) is 13.1. The van der Waals surface area contributed by atoms with Crippen LogP contribution in [0.3, 0.4) is 0 Å². The number of benzene rings is 1. The molecule has 3 heterocycles. The third-order valence-corrected chi connectivity index (χ3v) is 8.08. The predicted molar refractivity (Wildman–Crippen MR) is 133 cm³/mol. The molecule has 1 unspecified atom stereocenters. The zero-order chi connectivity index (χ0) is 23.7. The van der Waals surface area contributed by atoms with Gasteiger partial charge in [0.2, 0.25) is 0 Å². The van der Waals surface area contributed by atoms with E-state index >= 15 is 0 Å². The number of nitrogens with one attached hydrogen (secondary N) is 1. The molecular weight excluding hydrogens is 426 g/mol. The molecule has 1 aromatic heterocycles. The van der Waals surface area contributed by atoms with Gasteiger partial charge in [-0.15, -0.1) is 10.2 Å². The second-order valence-corrected chi connectivity index (χ2v) is 10.8. The van der Waals surface area contributed by atoms with E-state index in [1.54, 1.807) is 0 Å². The van der Waals surface area contributed by atoms with Gasteiger partial charge in [-0.05, 0) is 69.3 Å². The summed E-state index contributed by atoms with van der Waals surface area (Å²) in [7, 11) is 2.08. The zero-order valence-corrected chi connectivity index (χ0v) is 21.1. The average Bonchev–Trinajstić information content (AvgIpc) is 3.43. The Balaban J connectivity index is 1.19. The molecular formula is C27H39N5O2. The number of hydrogen-bond donors (Lipinski definition) is 1. The van der Waals surface area contributed by atoms with Gasteiger partial charge >= 0.3 is 0 Å². The number of aromatic nitrogens is 3. The van der Waals surface area contributed by atoms with Gasteiger partial charge < -0.3 is 19.5 Å². The Morgan fingerprint density at radius 3 is 2.53 bits per heavy atom. The molecule has 0 amide bonds. The molecule has 1 saturated carbocycles. The van der Waals surface area contributed by atoms with Crippen molar-refractivity contribution < 1.29 is 9.57 Å². The van der Waals surface area contributed by atoms with Gasteiger partial charge in [0, 0.05) is 38.1 Å². The maximum absolute atomic E-state index is 6.25. The van der Waals surface area contributed by atoms with Gasteiger partial charge in [-0.25, -0.2) is 0 Å². The minimum absolute atomic E-state index is 0.0270. The molecule has 34 heavy (non-hydrogen) atoms. The fourth-order valence-corrected chi connectivity index (χ4v) is 5.87. The molecule has 1 aliphatic carbocycles. The van der Waals surface area contributed by atoms with Gasteiger partial charge in [0.15, 0.2) is 11.9 Å². The fourth-order valence-electron chi connectivity index (χ4n) is 5.87. The lowest BCUT2D eigenvalue weighted by atomic mass is 9.76. The highest BCUT2D eigenvalue weighted by molar-refractivity contribution is 5.88. The van der Waals surface area contributed by atoms with Crippen molar-refractivity contribution in [3.05, 3.63) is 41.5 Å². The monoisotopic (exact) mass is 465 g/mol. The Labute approximate surface area is 203 Å². The van der Waals surface area contributed by atoms with E-state index < -0.39 is 0 Å². The van der Waals surface area contributed by atoms with Crippen molar-refractivity contribution in [3.63, 3.8) is 0 Å². The summed E-state index contributed by atoms with van der Waals surface area (Å²) in [6.07, 6.45) is 7.54. The highest BCUT2D eigenvalue weighted by Crippen LogP contribution is 2.41. The molecule has 3 aliphatic rings. The summed E-state index contributed by atoms with van der Waals surface area (Å²) < 4.78 is 8.41. The van der Waals surface area contributed by atoms with Crippen LogP contribution in [0.4, 0.5) is 0 Å². The normalized spacial score (nSPS) is 25.3. The molecule has 1 saturated heterocycles. The number of piperidine rings is 1. The summed E-state index contributed by atoms with van der Waals surface area (Å²) in [5.74, 6) is 4.31. The molecule has 7 nitrogen and oxygen atoms in total. The Kier molecular flexibility index (Phi) is 6.65. The molecule has 1 N–H and O–H groups in total. The third-order valence-electron chi connectivity index (χ3n) is 8.08. The van der Waals surface area contributed by atoms with Gasteiger partial charge in [-0.1, -0.05) is 31.1 Å². The van der Waals surface area contributed by atoms with Crippen molar-refractivity contribution in [1.82, 2.24) is 20.1 Å². The number of nitrogens with zero attached hydrogens (tertiary/aromatic N) is 4. The number of ether oxygens (including phenoxy) is 1. The molecule has 0 radical (unpaired) electrons. The van der Waals surface area contributed by atoms with Crippen LogP contribution in [0.2, 0.25) is 0 Å². The first-order chi connectivity index (χ1) is 16.4. The Hall–Kier alpha value is -2.41. The molecule has 5 rings (SSSR count). The second-order valence-electron chi connectivity index (χ2n) is 10.8. The van der Waals surface area contributed by atoms with E-state index in [4.69, 9.17) is 9.57 Å². The van der Waals surface area contributed by atoms with Crippen molar-refractivity contribution in [3.8, 4) is 5.75 Å². The van der Waals surface area contributed by atoms with Crippen molar-refractivity contribution >= 4 is 5.71 Å². The molecule has 2 aliphatic heterocycles. The van der Waals surface area contributed by atoms with Gasteiger partial charge in [0.25, 0.3) is 0 Å². The number of hydrogen-bond acceptors (Lipinski definition) is 6. The maximum atomic E-state index is 6.25. The Morgan fingerprint density at radius 2 is 1.79 bits per heavy atom. The van der Waals surface area contributed by atoms with Crippen LogP contribution in [0.25, 0.3) is 0 Å². The molecule has 1 aromatic carbocycles. The quantitative estimate of drug-likeness (QED) is 0.631. The average molecular weight is 466 g/mol. The Bertz CT molecular complexity index is 1020. The molecule has 1 atom stereocenters. The zero-order valence-electron chi connectivity index (χ0n) is 21.1. The summed E-state index contributed by atoms with van der Waals surface area (Å²) in [5, 5.41) is 17.2. The highest BCUT2D eigenvalue weighted by atomic mass is 16.7. The van der Waals surface area contributed by atoms with Crippen LogP contribution in [0.15, 0.2) is 29.4 Å².